The van der Waals surface area contributed by atoms with Gasteiger partial charge in [0.1, 0.15) is 5.82 Å². The van der Waals surface area contributed by atoms with Gasteiger partial charge in [0.15, 0.2) is 0 Å². The Bertz CT molecular complexity index is 496. The quantitative estimate of drug-likeness (QED) is 0.906. The summed E-state index contributed by atoms with van der Waals surface area (Å²) in [5, 5.41) is 0. The van der Waals surface area contributed by atoms with Crippen LogP contribution in [0.15, 0.2) is 24.3 Å². The van der Waals surface area contributed by atoms with Gasteiger partial charge in [-0.2, -0.15) is 0 Å². The zero-order valence-electron chi connectivity index (χ0n) is 12.1. The van der Waals surface area contributed by atoms with Crippen LogP contribution in [-0.4, -0.2) is 18.4 Å². The minimum atomic E-state index is -0.446. The largest absolute Gasteiger partial charge is 0.370 e. The lowest BCUT2D eigenvalue weighted by molar-refractivity contribution is -0.123. The van der Waals surface area contributed by atoms with Crippen LogP contribution in [0.4, 0.5) is 10.1 Å². The lowest BCUT2D eigenvalue weighted by atomic mass is 9.88. The number of carbonyl (C=O) groups excluding carboxylic acids is 2. The van der Waals surface area contributed by atoms with Gasteiger partial charge in [-0.15, -0.1) is 0 Å². The zero-order chi connectivity index (χ0) is 15.2. The van der Waals surface area contributed by atoms with Gasteiger partial charge < -0.3 is 10.6 Å². The molecule has 1 saturated carbocycles. The number of hydrogen-bond acceptors (Lipinski definition) is 2. The van der Waals surface area contributed by atoms with Crippen molar-refractivity contribution in [2.75, 3.05) is 11.4 Å². The fraction of sp³-hybridized carbons (Fsp3) is 0.500. The van der Waals surface area contributed by atoms with Gasteiger partial charge in [0.25, 0.3) is 0 Å². The highest BCUT2D eigenvalue weighted by Crippen LogP contribution is 2.27. The van der Waals surface area contributed by atoms with Gasteiger partial charge >= 0.3 is 0 Å². The highest BCUT2D eigenvalue weighted by atomic mass is 19.1. The van der Waals surface area contributed by atoms with Crippen LogP contribution >= 0.6 is 0 Å². The van der Waals surface area contributed by atoms with Crippen molar-refractivity contribution in [3.63, 3.8) is 0 Å². The molecule has 0 heterocycles. The molecule has 0 saturated heterocycles. The number of carbonyl (C=O) groups is 2. The molecule has 0 aromatic heterocycles. The number of rotatable bonds is 5. The van der Waals surface area contributed by atoms with Gasteiger partial charge in [0, 0.05) is 24.6 Å². The van der Waals surface area contributed by atoms with Crippen LogP contribution in [0.3, 0.4) is 0 Å². The molecule has 4 nitrogen and oxygen atoms in total. The lowest BCUT2D eigenvalue weighted by Gasteiger charge is -2.29. The van der Waals surface area contributed by atoms with E-state index < -0.39 is 5.91 Å². The van der Waals surface area contributed by atoms with Crippen LogP contribution in [0.25, 0.3) is 0 Å². The average Bonchev–Trinajstić information content (AvgIpc) is 2.49. The molecular formula is C16H21FN2O2. The summed E-state index contributed by atoms with van der Waals surface area (Å²) in [6, 6.07) is 5.77. The molecule has 1 aliphatic rings. The summed E-state index contributed by atoms with van der Waals surface area (Å²) in [5.74, 6) is -0.781. The highest BCUT2D eigenvalue weighted by Gasteiger charge is 2.27. The van der Waals surface area contributed by atoms with Crippen LogP contribution in [0.2, 0.25) is 0 Å². The Hall–Kier alpha value is -1.91. The van der Waals surface area contributed by atoms with Gasteiger partial charge in [0.05, 0.1) is 0 Å². The number of halogens is 1. The Morgan fingerprint density at radius 1 is 1.14 bits per heavy atom. The minimum Gasteiger partial charge on any atom is -0.370 e. The van der Waals surface area contributed by atoms with Crippen LogP contribution in [0.1, 0.15) is 38.5 Å². The van der Waals surface area contributed by atoms with Gasteiger partial charge in [-0.3, -0.25) is 9.59 Å². The number of anilines is 1. The summed E-state index contributed by atoms with van der Waals surface area (Å²) in [6.07, 6.45) is 5.16. The first-order valence-electron chi connectivity index (χ1n) is 7.43. The van der Waals surface area contributed by atoms with Crippen molar-refractivity contribution in [2.24, 2.45) is 11.7 Å². The van der Waals surface area contributed by atoms with Crippen molar-refractivity contribution in [3.05, 3.63) is 30.1 Å². The third-order valence-corrected chi connectivity index (χ3v) is 3.94. The van der Waals surface area contributed by atoms with E-state index in [1.54, 1.807) is 17.0 Å². The summed E-state index contributed by atoms with van der Waals surface area (Å²) >= 11 is 0. The molecule has 0 bridgehead atoms. The first kappa shape index (κ1) is 15.5. The number of benzene rings is 1. The summed E-state index contributed by atoms with van der Waals surface area (Å²) in [7, 11) is 0. The monoisotopic (exact) mass is 292 g/mol. The maximum atomic E-state index is 13.0. The van der Waals surface area contributed by atoms with Crippen LogP contribution < -0.4 is 10.6 Å². The third-order valence-electron chi connectivity index (χ3n) is 3.94. The molecule has 1 aliphatic carbocycles. The summed E-state index contributed by atoms with van der Waals surface area (Å²) in [5.41, 5.74) is 5.80. The minimum absolute atomic E-state index is 0.00307. The van der Waals surface area contributed by atoms with Crippen LogP contribution in [-0.2, 0) is 9.59 Å². The predicted octanol–water partition coefficient (Wildman–Crippen LogP) is 2.61. The molecule has 1 aromatic rings. The van der Waals surface area contributed by atoms with Crippen molar-refractivity contribution >= 4 is 17.5 Å². The van der Waals surface area contributed by atoms with E-state index in [9.17, 15) is 14.0 Å². The number of nitrogens with two attached hydrogens (primary N) is 1. The first-order chi connectivity index (χ1) is 10.1. The molecule has 0 atom stereocenters. The van der Waals surface area contributed by atoms with E-state index in [0.717, 1.165) is 25.7 Å². The molecule has 21 heavy (non-hydrogen) atoms. The number of primary amides is 1. The fourth-order valence-electron chi connectivity index (χ4n) is 2.78. The maximum Gasteiger partial charge on any atom is 0.230 e. The third kappa shape index (κ3) is 4.28. The topological polar surface area (TPSA) is 63.4 Å². The summed E-state index contributed by atoms with van der Waals surface area (Å²) in [6.45, 7) is 0.246. The Labute approximate surface area is 124 Å². The van der Waals surface area contributed by atoms with E-state index in [1.807, 2.05) is 0 Å². The highest BCUT2D eigenvalue weighted by molar-refractivity contribution is 5.95. The van der Waals surface area contributed by atoms with E-state index in [2.05, 4.69) is 0 Å². The fourth-order valence-corrected chi connectivity index (χ4v) is 2.78. The summed E-state index contributed by atoms with van der Waals surface area (Å²) in [4.78, 5) is 25.3. The predicted molar refractivity (Wildman–Crippen MR) is 79.1 cm³/mol. The van der Waals surface area contributed by atoms with E-state index in [4.69, 9.17) is 5.73 Å². The van der Waals surface area contributed by atoms with Crippen molar-refractivity contribution in [1.82, 2.24) is 0 Å². The smallest absolute Gasteiger partial charge is 0.230 e. The van der Waals surface area contributed by atoms with Crippen molar-refractivity contribution in [1.29, 1.82) is 0 Å². The van der Waals surface area contributed by atoms with Crippen LogP contribution in [0.5, 0.6) is 0 Å². The van der Waals surface area contributed by atoms with Crippen molar-refractivity contribution < 1.29 is 14.0 Å². The number of nitrogens with zero attached hydrogens (tertiary/aromatic N) is 1. The lowest BCUT2D eigenvalue weighted by Crippen LogP contribution is -2.39. The zero-order valence-corrected chi connectivity index (χ0v) is 12.1. The Balaban J connectivity index is 2.15. The molecule has 5 heteroatoms. The van der Waals surface area contributed by atoms with Gasteiger partial charge in [-0.05, 0) is 37.1 Å². The van der Waals surface area contributed by atoms with Crippen molar-refractivity contribution in [2.45, 2.75) is 38.5 Å². The second kappa shape index (κ2) is 7.20. The molecule has 2 N–H and O–H groups in total. The molecular weight excluding hydrogens is 271 g/mol. The molecule has 0 aliphatic heterocycles. The van der Waals surface area contributed by atoms with Gasteiger partial charge in [-0.1, -0.05) is 19.3 Å². The van der Waals surface area contributed by atoms with E-state index in [1.165, 1.54) is 18.6 Å². The molecule has 1 aromatic carbocycles. The average molecular weight is 292 g/mol. The van der Waals surface area contributed by atoms with Crippen molar-refractivity contribution in [3.8, 4) is 0 Å². The Morgan fingerprint density at radius 2 is 1.76 bits per heavy atom. The first-order valence-corrected chi connectivity index (χ1v) is 7.43. The van der Waals surface area contributed by atoms with E-state index in [-0.39, 0.29) is 30.6 Å². The van der Waals surface area contributed by atoms with Gasteiger partial charge in [0.2, 0.25) is 11.8 Å². The molecule has 114 valence electrons. The second-order valence-corrected chi connectivity index (χ2v) is 5.52. The SMILES string of the molecule is NC(=O)CCN(C(=O)C1CCCCC1)c1ccc(F)cc1. The van der Waals surface area contributed by atoms with E-state index >= 15 is 0 Å². The Morgan fingerprint density at radius 3 is 2.33 bits per heavy atom. The number of hydrogen-bond donors (Lipinski definition) is 1. The standard InChI is InChI=1S/C16H21FN2O2/c17-13-6-8-14(9-7-13)19(11-10-15(18)20)16(21)12-4-2-1-3-5-12/h6-9,12H,1-5,10-11H2,(H2,18,20). The molecule has 0 spiro atoms. The van der Waals surface area contributed by atoms with E-state index in [0.29, 0.717) is 5.69 Å². The molecule has 2 amide bonds. The normalized spacial score (nSPS) is 15.7. The summed E-state index contributed by atoms with van der Waals surface area (Å²) < 4.78 is 13.0. The maximum absolute atomic E-state index is 13.0. The second-order valence-electron chi connectivity index (χ2n) is 5.52. The Kier molecular flexibility index (Phi) is 5.31. The molecule has 0 unspecified atom stereocenters. The molecule has 1 fully saturated rings. The number of amides is 2. The molecule has 2 rings (SSSR count). The van der Waals surface area contributed by atoms with Gasteiger partial charge in [-0.25, -0.2) is 4.39 Å². The van der Waals surface area contributed by atoms with Crippen LogP contribution in [0, 0.1) is 11.7 Å². The molecule has 0 radical (unpaired) electrons.